The maximum Gasteiger partial charge on any atom is 0.175 e. The van der Waals surface area contributed by atoms with Gasteiger partial charge in [0.25, 0.3) is 0 Å². The van der Waals surface area contributed by atoms with Crippen molar-refractivity contribution in [1.29, 1.82) is 0 Å². The third-order valence-corrected chi connectivity index (χ3v) is 5.27. The molecule has 0 aliphatic carbocycles. The van der Waals surface area contributed by atoms with Crippen LogP contribution in [-0.4, -0.2) is 38.9 Å². The second-order valence-electron chi connectivity index (χ2n) is 4.52. The zero-order chi connectivity index (χ0) is 14.8. The first-order valence-electron chi connectivity index (χ1n) is 6.23. The first-order chi connectivity index (χ1) is 9.45. The topological polar surface area (TPSA) is 69.7 Å². The summed E-state index contributed by atoms with van der Waals surface area (Å²) in [5.74, 6) is 1.04. The molecule has 0 aromatic heterocycles. The molecule has 1 atom stereocenters. The minimum Gasteiger partial charge on any atom is -0.490 e. The summed E-state index contributed by atoms with van der Waals surface area (Å²) in [6.45, 7) is 2.25. The number of hydrogen-bond donors (Lipinski definition) is 0. The lowest BCUT2D eigenvalue weighted by atomic mass is 10.2. The van der Waals surface area contributed by atoms with Gasteiger partial charge < -0.3 is 9.47 Å². The molecular weight excluding hydrogens is 348 g/mol. The molecule has 0 spiro atoms. The molecule has 0 amide bonds. The lowest BCUT2D eigenvalue weighted by Gasteiger charge is -2.17. The summed E-state index contributed by atoms with van der Waals surface area (Å²) in [4.78, 5) is 10.9. The number of ether oxygens (including phenoxy) is 2. The van der Waals surface area contributed by atoms with Gasteiger partial charge in [-0.2, -0.15) is 0 Å². The van der Waals surface area contributed by atoms with Gasteiger partial charge in [0.05, 0.1) is 22.6 Å². The van der Waals surface area contributed by atoms with Crippen molar-refractivity contribution in [3.63, 3.8) is 0 Å². The van der Waals surface area contributed by atoms with E-state index in [1.54, 1.807) is 12.1 Å². The average molecular weight is 363 g/mol. The van der Waals surface area contributed by atoms with Crippen LogP contribution in [0, 0.1) is 0 Å². The Labute approximate surface area is 126 Å². The van der Waals surface area contributed by atoms with Crippen molar-refractivity contribution in [2.45, 2.75) is 19.4 Å². The second kappa shape index (κ2) is 6.13. The summed E-state index contributed by atoms with van der Waals surface area (Å²) in [7, 11) is -3.00. The largest absolute Gasteiger partial charge is 0.490 e. The number of carbonyl (C=O) groups is 1. The highest BCUT2D eigenvalue weighted by molar-refractivity contribution is 9.10. The third-order valence-electron chi connectivity index (χ3n) is 2.94. The molecule has 0 N–H and O–H groups in total. The van der Waals surface area contributed by atoms with E-state index in [1.165, 1.54) is 0 Å². The number of hydrogen-bond acceptors (Lipinski definition) is 5. The van der Waals surface area contributed by atoms with Crippen molar-refractivity contribution in [2.24, 2.45) is 0 Å². The van der Waals surface area contributed by atoms with Gasteiger partial charge in [-0.3, -0.25) is 4.79 Å². The van der Waals surface area contributed by atoms with E-state index in [0.717, 1.165) is 6.29 Å². The standard InChI is InChI=1S/C13H15BrO5S/c1-2-18-12-6-9(7-15)5-11(14)13(12)19-10-3-4-20(16,17)8-10/h5-7,10H,2-4,8H2,1H3. The third kappa shape index (κ3) is 3.52. The van der Waals surface area contributed by atoms with E-state index in [1.807, 2.05) is 6.92 Å². The van der Waals surface area contributed by atoms with Crippen LogP contribution >= 0.6 is 15.9 Å². The van der Waals surface area contributed by atoms with E-state index >= 15 is 0 Å². The van der Waals surface area contributed by atoms with Crippen molar-refractivity contribution in [1.82, 2.24) is 0 Å². The van der Waals surface area contributed by atoms with Crippen LogP contribution in [0.25, 0.3) is 0 Å². The average Bonchev–Trinajstić information content (AvgIpc) is 2.73. The molecule has 1 fully saturated rings. The fourth-order valence-electron chi connectivity index (χ4n) is 2.05. The van der Waals surface area contributed by atoms with E-state index in [0.29, 0.717) is 34.6 Å². The maximum absolute atomic E-state index is 11.5. The maximum atomic E-state index is 11.5. The van der Waals surface area contributed by atoms with Crippen molar-refractivity contribution in [3.8, 4) is 11.5 Å². The number of halogens is 1. The van der Waals surface area contributed by atoms with Crippen LogP contribution in [0.2, 0.25) is 0 Å². The number of rotatable bonds is 5. The van der Waals surface area contributed by atoms with Crippen molar-refractivity contribution in [3.05, 3.63) is 22.2 Å². The van der Waals surface area contributed by atoms with Gasteiger partial charge in [-0.25, -0.2) is 8.42 Å². The van der Waals surface area contributed by atoms with Crippen molar-refractivity contribution >= 4 is 32.1 Å². The fraction of sp³-hybridized carbons (Fsp3) is 0.462. The SMILES string of the molecule is CCOc1cc(C=O)cc(Br)c1OC1CCS(=O)(=O)C1. The molecule has 1 saturated heterocycles. The predicted octanol–water partition coefficient (Wildman–Crippen LogP) is 2.23. The highest BCUT2D eigenvalue weighted by Crippen LogP contribution is 2.38. The summed E-state index contributed by atoms with van der Waals surface area (Å²) in [6, 6.07) is 3.20. The van der Waals surface area contributed by atoms with Crippen molar-refractivity contribution in [2.75, 3.05) is 18.1 Å². The monoisotopic (exact) mass is 362 g/mol. The van der Waals surface area contributed by atoms with E-state index < -0.39 is 9.84 Å². The molecule has 1 aliphatic heterocycles. The molecule has 7 heteroatoms. The molecule has 1 aliphatic rings. The normalized spacial score (nSPS) is 20.6. The van der Waals surface area contributed by atoms with Crippen LogP contribution < -0.4 is 9.47 Å². The Kier molecular flexibility index (Phi) is 4.70. The highest BCUT2D eigenvalue weighted by Gasteiger charge is 2.30. The molecule has 20 heavy (non-hydrogen) atoms. The highest BCUT2D eigenvalue weighted by atomic mass is 79.9. The van der Waals surface area contributed by atoms with E-state index in [9.17, 15) is 13.2 Å². The first-order valence-corrected chi connectivity index (χ1v) is 8.85. The zero-order valence-electron chi connectivity index (χ0n) is 11.0. The fourth-order valence-corrected chi connectivity index (χ4v) is 4.20. The predicted molar refractivity (Wildman–Crippen MR) is 78.4 cm³/mol. The number of benzene rings is 1. The van der Waals surface area contributed by atoms with Crippen LogP contribution in [0.5, 0.6) is 11.5 Å². The molecule has 5 nitrogen and oxygen atoms in total. The number of carbonyl (C=O) groups excluding carboxylic acids is 1. The van der Waals surface area contributed by atoms with Gasteiger partial charge in [-0.1, -0.05) is 0 Å². The molecule has 1 heterocycles. The zero-order valence-corrected chi connectivity index (χ0v) is 13.4. The van der Waals surface area contributed by atoms with Crippen LogP contribution in [-0.2, 0) is 9.84 Å². The second-order valence-corrected chi connectivity index (χ2v) is 7.61. The molecule has 2 rings (SSSR count). The van der Waals surface area contributed by atoms with Crippen molar-refractivity contribution < 1.29 is 22.7 Å². The Morgan fingerprint density at radius 3 is 2.75 bits per heavy atom. The van der Waals surface area contributed by atoms with E-state index in [-0.39, 0.29) is 17.6 Å². The molecule has 0 saturated carbocycles. The summed E-state index contributed by atoms with van der Waals surface area (Å²) in [5.41, 5.74) is 0.465. The van der Waals surface area contributed by atoms with Crippen LogP contribution in [0.3, 0.4) is 0 Å². The van der Waals surface area contributed by atoms with Crippen LogP contribution in [0.4, 0.5) is 0 Å². The molecule has 0 bridgehead atoms. The van der Waals surface area contributed by atoms with Gasteiger partial charge in [0.1, 0.15) is 12.4 Å². The van der Waals surface area contributed by atoms with Gasteiger partial charge >= 0.3 is 0 Å². The van der Waals surface area contributed by atoms with Gasteiger partial charge in [-0.05, 0) is 41.4 Å². The molecular formula is C13H15BrO5S. The minimum absolute atomic E-state index is 0.0143. The lowest BCUT2D eigenvalue weighted by Crippen LogP contribution is -2.18. The Morgan fingerprint density at radius 2 is 2.20 bits per heavy atom. The van der Waals surface area contributed by atoms with Gasteiger partial charge in [0.15, 0.2) is 21.3 Å². The molecule has 1 unspecified atom stereocenters. The van der Waals surface area contributed by atoms with Gasteiger partial charge in [0.2, 0.25) is 0 Å². The lowest BCUT2D eigenvalue weighted by molar-refractivity contribution is 0.112. The summed E-state index contributed by atoms with van der Waals surface area (Å²) >= 11 is 3.33. The molecule has 1 aromatic carbocycles. The van der Waals surface area contributed by atoms with Crippen LogP contribution in [0.1, 0.15) is 23.7 Å². The smallest absolute Gasteiger partial charge is 0.175 e. The minimum atomic E-state index is -3.00. The molecule has 1 aromatic rings. The first kappa shape index (κ1) is 15.3. The Morgan fingerprint density at radius 1 is 1.45 bits per heavy atom. The number of sulfone groups is 1. The molecule has 0 radical (unpaired) electrons. The van der Waals surface area contributed by atoms with E-state index in [2.05, 4.69) is 15.9 Å². The van der Waals surface area contributed by atoms with Crippen LogP contribution in [0.15, 0.2) is 16.6 Å². The Hall–Kier alpha value is -1.08. The Balaban J connectivity index is 2.28. The quantitative estimate of drug-likeness (QED) is 0.751. The molecule has 110 valence electrons. The summed E-state index contributed by atoms with van der Waals surface area (Å²) in [5, 5.41) is 0. The van der Waals surface area contributed by atoms with Gasteiger partial charge in [0, 0.05) is 5.56 Å². The summed E-state index contributed by atoms with van der Waals surface area (Å²) in [6.07, 6.45) is 0.810. The Bertz CT molecular complexity index is 611. The van der Waals surface area contributed by atoms with Gasteiger partial charge in [-0.15, -0.1) is 0 Å². The number of aldehydes is 1. The summed E-state index contributed by atoms with van der Waals surface area (Å²) < 4.78 is 34.7. The van der Waals surface area contributed by atoms with E-state index in [4.69, 9.17) is 9.47 Å².